The van der Waals surface area contributed by atoms with Crippen molar-refractivity contribution in [2.75, 3.05) is 18.0 Å². The van der Waals surface area contributed by atoms with Crippen LogP contribution in [0.4, 0.5) is 5.69 Å². The lowest BCUT2D eigenvalue weighted by Crippen LogP contribution is -2.53. The molecule has 1 atom stereocenters. The summed E-state index contributed by atoms with van der Waals surface area (Å²) in [5.74, 6) is -0.301. The van der Waals surface area contributed by atoms with Gasteiger partial charge in [0.2, 0.25) is 11.8 Å². The zero-order chi connectivity index (χ0) is 29.4. The van der Waals surface area contributed by atoms with E-state index in [2.05, 4.69) is 5.32 Å². The smallest absolute Gasteiger partial charge is 0.264 e. The molecule has 0 unspecified atom stereocenters. The van der Waals surface area contributed by atoms with Crippen LogP contribution in [0.5, 0.6) is 5.75 Å². The van der Waals surface area contributed by atoms with Crippen LogP contribution in [0.25, 0.3) is 0 Å². The van der Waals surface area contributed by atoms with Gasteiger partial charge in [0.25, 0.3) is 10.0 Å². The summed E-state index contributed by atoms with van der Waals surface area (Å²) in [5, 5.41) is 3.55. The van der Waals surface area contributed by atoms with Crippen molar-refractivity contribution in [1.29, 1.82) is 0 Å². The quantitative estimate of drug-likeness (QED) is 0.293. The first-order valence-electron chi connectivity index (χ1n) is 12.7. The van der Waals surface area contributed by atoms with E-state index in [1.165, 1.54) is 42.3 Å². The summed E-state index contributed by atoms with van der Waals surface area (Å²) in [6.45, 7) is 4.96. The molecule has 214 valence electrons. The van der Waals surface area contributed by atoms with Crippen LogP contribution in [-0.4, -0.2) is 50.9 Å². The van der Waals surface area contributed by atoms with Crippen molar-refractivity contribution in [2.24, 2.45) is 0 Å². The number of benzene rings is 3. The number of nitrogens with zero attached hydrogens (tertiary/aromatic N) is 2. The molecule has 0 bridgehead atoms. The van der Waals surface area contributed by atoms with Crippen LogP contribution in [0.15, 0.2) is 77.7 Å². The van der Waals surface area contributed by atoms with Crippen molar-refractivity contribution in [3.63, 3.8) is 0 Å². The highest BCUT2D eigenvalue weighted by Crippen LogP contribution is 2.28. The van der Waals surface area contributed by atoms with E-state index in [1.54, 1.807) is 43.3 Å². The topological polar surface area (TPSA) is 96.0 Å². The van der Waals surface area contributed by atoms with Gasteiger partial charge in [0.05, 0.1) is 17.7 Å². The van der Waals surface area contributed by atoms with Crippen molar-refractivity contribution in [2.45, 2.75) is 50.7 Å². The van der Waals surface area contributed by atoms with Crippen LogP contribution >= 0.6 is 23.2 Å². The monoisotopic (exact) mass is 605 g/mol. The zero-order valence-electron chi connectivity index (χ0n) is 22.8. The molecule has 0 saturated heterocycles. The van der Waals surface area contributed by atoms with Crippen LogP contribution in [-0.2, 0) is 26.2 Å². The minimum absolute atomic E-state index is 0.0476. The standard InChI is InChI=1S/C29H33Cl2N3O5S/c1-5-27(29(36)32-20(2)3)33(18-21-8-6-11-25(16-21)39-4)28(35)19-34(24-10-7-9-23(31)17-24)40(37,38)26-14-12-22(30)13-15-26/h6-17,20,27H,5,18-19H2,1-4H3,(H,32,36)/t27-/m1/s1. The van der Waals surface area contributed by atoms with E-state index in [1.807, 2.05) is 19.9 Å². The fourth-order valence-electron chi connectivity index (χ4n) is 4.16. The molecule has 0 spiro atoms. The van der Waals surface area contributed by atoms with E-state index in [0.29, 0.717) is 22.2 Å². The Morgan fingerprint density at radius 1 is 0.950 bits per heavy atom. The first kappa shape index (κ1) is 31.3. The average Bonchev–Trinajstić information content (AvgIpc) is 2.91. The van der Waals surface area contributed by atoms with Gasteiger partial charge in [-0.1, -0.05) is 48.3 Å². The molecule has 0 aromatic heterocycles. The number of hydrogen-bond donors (Lipinski definition) is 1. The van der Waals surface area contributed by atoms with Gasteiger partial charge in [-0.25, -0.2) is 8.42 Å². The largest absolute Gasteiger partial charge is 0.497 e. The summed E-state index contributed by atoms with van der Waals surface area (Å²) in [6, 6.07) is 18.1. The van der Waals surface area contributed by atoms with Crippen molar-refractivity contribution in [3.05, 3.63) is 88.4 Å². The summed E-state index contributed by atoms with van der Waals surface area (Å²) in [6.07, 6.45) is 0.315. The summed E-state index contributed by atoms with van der Waals surface area (Å²) in [4.78, 5) is 28.6. The van der Waals surface area contributed by atoms with E-state index < -0.39 is 28.5 Å². The molecule has 8 nitrogen and oxygen atoms in total. The average molecular weight is 607 g/mol. The Morgan fingerprint density at radius 3 is 2.23 bits per heavy atom. The molecule has 3 aromatic carbocycles. The predicted octanol–water partition coefficient (Wildman–Crippen LogP) is 5.53. The normalized spacial score (nSPS) is 12.1. The summed E-state index contributed by atoms with van der Waals surface area (Å²) < 4.78 is 34.0. The molecule has 0 aliphatic carbocycles. The molecular formula is C29H33Cl2N3O5S. The van der Waals surface area contributed by atoms with Crippen LogP contribution in [0, 0.1) is 0 Å². The van der Waals surface area contributed by atoms with Gasteiger partial charge in [-0.15, -0.1) is 0 Å². The van der Waals surface area contributed by atoms with Gasteiger partial charge in [-0.05, 0) is 80.4 Å². The minimum Gasteiger partial charge on any atom is -0.497 e. The predicted molar refractivity (Wildman–Crippen MR) is 158 cm³/mol. The van der Waals surface area contributed by atoms with E-state index in [4.69, 9.17) is 27.9 Å². The van der Waals surface area contributed by atoms with Gasteiger partial charge in [0.1, 0.15) is 18.3 Å². The number of nitrogens with one attached hydrogen (secondary N) is 1. The van der Waals surface area contributed by atoms with E-state index in [0.717, 1.165) is 9.87 Å². The third-order valence-electron chi connectivity index (χ3n) is 6.08. The third kappa shape index (κ3) is 7.90. The van der Waals surface area contributed by atoms with Gasteiger partial charge in [-0.2, -0.15) is 0 Å². The van der Waals surface area contributed by atoms with Crippen LogP contribution in [0.2, 0.25) is 10.0 Å². The number of rotatable bonds is 12. The second-order valence-corrected chi connectivity index (χ2v) is 12.1. The highest BCUT2D eigenvalue weighted by atomic mass is 35.5. The number of halogens is 2. The number of sulfonamides is 1. The van der Waals surface area contributed by atoms with Gasteiger partial charge in [0, 0.05) is 22.6 Å². The molecule has 0 heterocycles. The Bertz CT molecular complexity index is 1430. The van der Waals surface area contributed by atoms with E-state index >= 15 is 0 Å². The number of hydrogen-bond acceptors (Lipinski definition) is 5. The van der Waals surface area contributed by atoms with Crippen molar-refractivity contribution in [3.8, 4) is 5.75 Å². The SMILES string of the molecule is CC[C@H](C(=O)NC(C)C)N(Cc1cccc(OC)c1)C(=O)CN(c1cccc(Cl)c1)S(=O)(=O)c1ccc(Cl)cc1. The Labute approximate surface area is 245 Å². The maximum atomic E-state index is 14.0. The highest BCUT2D eigenvalue weighted by Gasteiger charge is 2.34. The van der Waals surface area contributed by atoms with Crippen molar-refractivity contribution < 1.29 is 22.7 Å². The number of methoxy groups -OCH3 is 1. The minimum atomic E-state index is -4.22. The summed E-state index contributed by atoms with van der Waals surface area (Å²) in [7, 11) is -2.68. The number of ether oxygens (including phenoxy) is 1. The Balaban J connectivity index is 2.07. The fraction of sp³-hybridized carbons (Fsp3) is 0.310. The molecule has 2 amide bonds. The Morgan fingerprint density at radius 2 is 1.62 bits per heavy atom. The Kier molecular flexibility index (Phi) is 10.8. The number of amides is 2. The molecule has 1 N–H and O–H groups in total. The maximum absolute atomic E-state index is 14.0. The first-order valence-corrected chi connectivity index (χ1v) is 14.9. The first-order chi connectivity index (χ1) is 19.0. The fourth-order valence-corrected chi connectivity index (χ4v) is 5.88. The lowest BCUT2D eigenvalue weighted by molar-refractivity contribution is -0.140. The zero-order valence-corrected chi connectivity index (χ0v) is 25.1. The molecule has 0 aliphatic heterocycles. The van der Waals surface area contributed by atoms with Crippen molar-refractivity contribution in [1.82, 2.24) is 10.2 Å². The number of anilines is 1. The number of carbonyl (C=O) groups is 2. The van der Waals surface area contributed by atoms with Gasteiger partial charge < -0.3 is 15.0 Å². The third-order valence-corrected chi connectivity index (χ3v) is 8.36. The summed E-state index contributed by atoms with van der Waals surface area (Å²) >= 11 is 12.2. The van der Waals surface area contributed by atoms with E-state index in [-0.39, 0.29) is 29.1 Å². The van der Waals surface area contributed by atoms with Crippen LogP contribution in [0.3, 0.4) is 0 Å². The molecule has 0 radical (unpaired) electrons. The van der Waals surface area contributed by atoms with Gasteiger partial charge in [-0.3, -0.25) is 13.9 Å². The lowest BCUT2D eigenvalue weighted by Gasteiger charge is -2.33. The number of carbonyl (C=O) groups excluding carboxylic acids is 2. The summed E-state index contributed by atoms with van der Waals surface area (Å²) in [5.41, 5.74) is 0.926. The molecule has 0 saturated carbocycles. The second kappa shape index (κ2) is 13.9. The molecule has 3 aromatic rings. The molecule has 0 fully saturated rings. The van der Waals surface area contributed by atoms with E-state index in [9.17, 15) is 18.0 Å². The molecule has 40 heavy (non-hydrogen) atoms. The van der Waals surface area contributed by atoms with Gasteiger partial charge >= 0.3 is 0 Å². The molecule has 3 rings (SSSR count). The molecule has 11 heteroatoms. The molecule has 0 aliphatic rings. The molecular weight excluding hydrogens is 573 g/mol. The second-order valence-electron chi connectivity index (χ2n) is 9.41. The van der Waals surface area contributed by atoms with Crippen LogP contribution in [0.1, 0.15) is 32.8 Å². The van der Waals surface area contributed by atoms with Crippen LogP contribution < -0.4 is 14.4 Å². The van der Waals surface area contributed by atoms with Crippen molar-refractivity contribution >= 4 is 50.7 Å². The van der Waals surface area contributed by atoms with Gasteiger partial charge in [0.15, 0.2) is 0 Å². The highest BCUT2D eigenvalue weighted by molar-refractivity contribution is 7.92. The lowest BCUT2D eigenvalue weighted by atomic mass is 10.1. The Hall–Kier alpha value is -3.27. The maximum Gasteiger partial charge on any atom is 0.264 e.